The Bertz CT molecular complexity index is 360. The fraction of sp³-hybridized carbons (Fsp3) is 0.818. The van der Waals surface area contributed by atoms with Crippen molar-refractivity contribution in [2.24, 2.45) is 5.73 Å². The molecule has 1 aromatic heterocycles. The molecule has 0 atom stereocenters. The highest BCUT2D eigenvalue weighted by molar-refractivity contribution is 5.15. The zero-order chi connectivity index (χ0) is 10.5. The highest BCUT2D eigenvalue weighted by Gasteiger charge is 2.50. The lowest BCUT2D eigenvalue weighted by molar-refractivity contribution is 0.0805. The molecule has 4 rings (SSSR count). The van der Waals surface area contributed by atoms with Crippen LogP contribution in [-0.4, -0.2) is 15.7 Å². The van der Waals surface area contributed by atoms with Crippen molar-refractivity contribution in [1.29, 1.82) is 0 Å². The van der Waals surface area contributed by atoms with E-state index in [1.54, 1.807) is 0 Å². The minimum absolute atomic E-state index is 0.108. The summed E-state index contributed by atoms with van der Waals surface area (Å²) < 4.78 is 5.35. The van der Waals surface area contributed by atoms with Crippen LogP contribution in [0.15, 0.2) is 4.52 Å². The molecule has 1 heterocycles. The first-order valence-electron chi connectivity index (χ1n) is 5.72. The van der Waals surface area contributed by atoms with Gasteiger partial charge in [0.2, 0.25) is 5.89 Å². The van der Waals surface area contributed by atoms with Gasteiger partial charge in [-0.25, -0.2) is 0 Å². The van der Waals surface area contributed by atoms with Crippen LogP contribution in [0.3, 0.4) is 0 Å². The summed E-state index contributed by atoms with van der Waals surface area (Å²) >= 11 is 0. The van der Waals surface area contributed by atoms with E-state index in [9.17, 15) is 0 Å². The van der Waals surface area contributed by atoms with Gasteiger partial charge in [0.25, 0.3) is 0 Å². The third kappa shape index (κ3) is 1.31. The Hall–Kier alpha value is -0.900. The van der Waals surface area contributed by atoms with Gasteiger partial charge in [-0.15, -0.1) is 0 Å². The molecule has 1 aromatic rings. The van der Waals surface area contributed by atoms with Gasteiger partial charge in [-0.1, -0.05) is 5.16 Å². The number of nitrogens with zero attached hydrogens (tertiary/aromatic N) is 2. The summed E-state index contributed by atoms with van der Waals surface area (Å²) in [5, 5.41) is 3.90. The van der Waals surface area contributed by atoms with Crippen LogP contribution in [-0.2, 0) is 5.41 Å². The van der Waals surface area contributed by atoms with Crippen LogP contribution in [0.1, 0.15) is 50.2 Å². The molecule has 3 fully saturated rings. The number of nitrogens with two attached hydrogens (primary N) is 1. The maximum absolute atomic E-state index is 6.27. The highest BCUT2D eigenvalue weighted by Crippen LogP contribution is 2.51. The second kappa shape index (κ2) is 2.82. The van der Waals surface area contributed by atoms with Crippen LogP contribution < -0.4 is 5.73 Å². The Labute approximate surface area is 89.2 Å². The molecule has 0 aromatic carbocycles. The number of rotatable bonds is 1. The predicted octanol–water partition coefficient (Wildman–Crippen LogP) is 1.68. The second-order valence-corrected chi connectivity index (χ2v) is 5.29. The van der Waals surface area contributed by atoms with Gasteiger partial charge in [-0.2, -0.15) is 4.98 Å². The first-order valence-corrected chi connectivity index (χ1v) is 5.72. The van der Waals surface area contributed by atoms with Crippen molar-refractivity contribution in [3.8, 4) is 0 Å². The fourth-order valence-electron chi connectivity index (χ4n) is 3.05. The van der Waals surface area contributed by atoms with E-state index >= 15 is 0 Å². The molecular formula is C11H17N3O. The summed E-state index contributed by atoms with van der Waals surface area (Å²) in [5.74, 6) is 1.59. The second-order valence-electron chi connectivity index (χ2n) is 5.29. The van der Waals surface area contributed by atoms with Crippen molar-refractivity contribution < 1.29 is 4.52 Å². The summed E-state index contributed by atoms with van der Waals surface area (Å²) in [6.07, 6.45) is 6.67. The highest BCUT2D eigenvalue weighted by atomic mass is 16.5. The molecule has 0 spiro atoms. The van der Waals surface area contributed by atoms with Gasteiger partial charge in [-0.05, 0) is 45.4 Å². The fourth-order valence-corrected chi connectivity index (χ4v) is 3.05. The summed E-state index contributed by atoms with van der Waals surface area (Å²) in [7, 11) is 0. The molecule has 0 aliphatic heterocycles. The van der Waals surface area contributed by atoms with Crippen LogP contribution in [0.25, 0.3) is 0 Å². The van der Waals surface area contributed by atoms with Crippen molar-refractivity contribution in [3.05, 3.63) is 11.7 Å². The van der Waals surface area contributed by atoms with Crippen LogP contribution >= 0.6 is 0 Å². The molecule has 0 unspecified atom stereocenters. The molecular weight excluding hydrogens is 190 g/mol. The molecule has 15 heavy (non-hydrogen) atoms. The summed E-state index contributed by atoms with van der Waals surface area (Å²) in [6, 6.07) is 0. The molecule has 2 N–H and O–H groups in total. The van der Waals surface area contributed by atoms with Gasteiger partial charge in [-0.3, -0.25) is 0 Å². The summed E-state index contributed by atoms with van der Waals surface area (Å²) in [4.78, 5) is 4.41. The summed E-state index contributed by atoms with van der Waals surface area (Å²) in [6.45, 7) is 1.88. The minimum Gasteiger partial charge on any atom is -0.339 e. The molecule has 82 valence electrons. The van der Waals surface area contributed by atoms with E-state index in [2.05, 4.69) is 10.1 Å². The van der Waals surface area contributed by atoms with Gasteiger partial charge in [0, 0.05) is 11.0 Å². The lowest BCUT2D eigenvalue weighted by Crippen LogP contribution is -2.53. The Kier molecular flexibility index (Phi) is 1.75. The molecule has 3 aliphatic carbocycles. The van der Waals surface area contributed by atoms with Gasteiger partial charge in [0.05, 0.1) is 0 Å². The SMILES string of the molecule is Cc1noc(C23CCC(N)(CC2)CC3)n1. The standard InChI is InChI=1S/C11H17N3O/c1-8-13-9(15-14-8)10-2-5-11(12,6-3-10)7-4-10/h2-7,12H2,1H3. The summed E-state index contributed by atoms with van der Waals surface area (Å²) in [5.41, 5.74) is 6.53. The van der Waals surface area contributed by atoms with Crippen molar-refractivity contribution >= 4 is 0 Å². The van der Waals surface area contributed by atoms with E-state index in [0.717, 1.165) is 50.2 Å². The predicted molar refractivity (Wildman–Crippen MR) is 55.3 cm³/mol. The maximum Gasteiger partial charge on any atom is 0.232 e. The number of hydrogen-bond acceptors (Lipinski definition) is 4. The molecule has 0 amide bonds. The quantitative estimate of drug-likeness (QED) is 0.761. The van der Waals surface area contributed by atoms with Crippen LogP contribution in [0.5, 0.6) is 0 Å². The average molecular weight is 207 g/mol. The van der Waals surface area contributed by atoms with E-state index < -0.39 is 0 Å². The number of aromatic nitrogens is 2. The first-order chi connectivity index (χ1) is 7.12. The van der Waals surface area contributed by atoms with Gasteiger partial charge >= 0.3 is 0 Å². The molecule has 0 radical (unpaired) electrons. The Morgan fingerprint density at radius 3 is 2.20 bits per heavy atom. The normalized spacial score (nSPS) is 39.6. The van der Waals surface area contributed by atoms with Crippen LogP contribution in [0.4, 0.5) is 0 Å². The zero-order valence-electron chi connectivity index (χ0n) is 9.12. The Balaban J connectivity index is 1.93. The monoisotopic (exact) mass is 207 g/mol. The van der Waals surface area contributed by atoms with Crippen LogP contribution in [0.2, 0.25) is 0 Å². The third-order valence-electron chi connectivity index (χ3n) is 4.29. The van der Waals surface area contributed by atoms with E-state index in [0.29, 0.717) is 0 Å². The topological polar surface area (TPSA) is 64.9 Å². The minimum atomic E-state index is 0.108. The molecule has 3 aliphatic rings. The lowest BCUT2D eigenvalue weighted by Gasteiger charge is -2.49. The molecule has 2 bridgehead atoms. The Morgan fingerprint density at radius 2 is 1.73 bits per heavy atom. The van der Waals surface area contributed by atoms with Gasteiger partial charge in [0.15, 0.2) is 5.82 Å². The first kappa shape index (κ1) is 9.33. The van der Waals surface area contributed by atoms with E-state index in [1.807, 2.05) is 6.92 Å². The molecule has 3 saturated carbocycles. The zero-order valence-corrected chi connectivity index (χ0v) is 9.12. The number of aryl methyl sites for hydroxylation is 1. The van der Waals surface area contributed by atoms with Crippen molar-refractivity contribution in [3.63, 3.8) is 0 Å². The van der Waals surface area contributed by atoms with E-state index in [4.69, 9.17) is 10.3 Å². The van der Waals surface area contributed by atoms with Crippen LogP contribution in [0, 0.1) is 6.92 Å². The molecule has 0 saturated heterocycles. The lowest BCUT2D eigenvalue weighted by atomic mass is 9.57. The van der Waals surface area contributed by atoms with Gasteiger partial charge < -0.3 is 10.3 Å². The molecule has 4 heteroatoms. The smallest absolute Gasteiger partial charge is 0.232 e. The number of hydrogen-bond donors (Lipinski definition) is 1. The van der Waals surface area contributed by atoms with Crippen molar-refractivity contribution in [2.45, 2.75) is 56.4 Å². The Morgan fingerprint density at radius 1 is 1.13 bits per heavy atom. The average Bonchev–Trinajstić information content (AvgIpc) is 2.67. The third-order valence-corrected chi connectivity index (χ3v) is 4.29. The van der Waals surface area contributed by atoms with E-state index in [1.165, 1.54) is 0 Å². The number of fused-ring (bicyclic) bond motifs is 3. The molecule has 4 nitrogen and oxygen atoms in total. The van der Waals surface area contributed by atoms with Crippen molar-refractivity contribution in [1.82, 2.24) is 10.1 Å². The van der Waals surface area contributed by atoms with Crippen molar-refractivity contribution in [2.75, 3.05) is 0 Å². The largest absolute Gasteiger partial charge is 0.339 e. The van der Waals surface area contributed by atoms with E-state index in [-0.39, 0.29) is 11.0 Å². The van der Waals surface area contributed by atoms with Gasteiger partial charge in [0.1, 0.15) is 0 Å². The maximum atomic E-state index is 6.27.